The number of rotatable bonds is 7. The van der Waals surface area contributed by atoms with E-state index in [0.29, 0.717) is 12.0 Å². The van der Waals surface area contributed by atoms with Gasteiger partial charge in [-0.05, 0) is 29.7 Å². The first-order chi connectivity index (χ1) is 10.2. The molecule has 0 amide bonds. The lowest BCUT2D eigenvalue weighted by atomic mass is 9.99. The van der Waals surface area contributed by atoms with E-state index in [2.05, 4.69) is 60.3 Å². The van der Waals surface area contributed by atoms with Gasteiger partial charge in [-0.1, -0.05) is 45.0 Å². The van der Waals surface area contributed by atoms with E-state index >= 15 is 0 Å². The zero-order chi connectivity index (χ0) is 15.1. The Morgan fingerprint density at radius 1 is 1.10 bits per heavy atom. The minimum absolute atomic E-state index is 0.344. The molecule has 0 aliphatic carbocycles. The molecule has 2 aromatic rings. The molecule has 0 aliphatic heterocycles. The van der Waals surface area contributed by atoms with Gasteiger partial charge in [0.25, 0.3) is 0 Å². The molecule has 21 heavy (non-hydrogen) atoms. The van der Waals surface area contributed by atoms with Gasteiger partial charge in [-0.2, -0.15) is 0 Å². The molecular weight excluding hydrogens is 278 g/mol. The minimum Gasteiger partial charge on any atom is -0.309 e. The van der Waals surface area contributed by atoms with Crippen molar-refractivity contribution < 1.29 is 0 Å². The van der Waals surface area contributed by atoms with E-state index < -0.39 is 0 Å². The summed E-state index contributed by atoms with van der Waals surface area (Å²) in [5, 5.41) is 4.57. The fourth-order valence-electron chi connectivity index (χ4n) is 2.17. The molecule has 3 nitrogen and oxygen atoms in total. The third-order valence-electron chi connectivity index (χ3n) is 3.41. The molecule has 4 heteroatoms. The third kappa shape index (κ3) is 4.83. The Labute approximate surface area is 131 Å². The quantitative estimate of drug-likeness (QED) is 0.618. The van der Waals surface area contributed by atoms with Gasteiger partial charge in [0.05, 0.1) is 5.03 Å². The van der Waals surface area contributed by atoms with Crippen LogP contribution < -0.4 is 5.32 Å². The van der Waals surface area contributed by atoms with Crippen molar-refractivity contribution in [2.45, 2.75) is 37.8 Å². The van der Waals surface area contributed by atoms with Crippen LogP contribution in [0.15, 0.2) is 47.9 Å². The Morgan fingerprint density at radius 3 is 2.38 bits per heavy atom. The highest BCUT2D eigenvalue weighted by molar-refractivity contribution is 7.99. The van der Waals surface area contributed by atoms with Crippen LogP contribution in [0.3, 0.4) is 0 Å². The van der Waals surface area contributed by atoms with Gasteiger partial charge in [0, 0.05) is 18.0 Å². The van der Waals surface area contributed by atoms with Crippen molar-refractivity contribution >= 4 is 11.8 Å². The van der Waals surface area contributed by atoms with E-state index in [0.717, 1.165) is 17.3 Å². The number of nitrogens with one attached hydrogen (secondary N) is 1. The predicted molar refractivity (Wildman–Crippen MR) is 89.7 cm³/mol. The van der Waals surface area contributed by atoms with E-state index in [4.69, 9.17) is 0 Å². The molecule has 1 N–H and O–H groups in total. The van der Waals surface area contributed by atoms with Gasteiger partial charge in [0.15, 0.2) is 0 Å². The van der Waals surface area contributed by atoms with Crippen molar-refractivity contribution in [3.05, 3.63) is 54.0 Å². The summed E-state index contributed by atoms with van der Waals surface area (Å²) in [4.78, 5) is 8.22. The highest BCUT2D eigenvalue weighted by Gasteiger charge is 2.11. The van der Waals surface area contributed by atoms with Gasteiger partial charge in [0.2, 0.25) is 0 Å². The first kappa shape index (κ1) is 16.0. The SMILES string of the molecule is CCNC(CSc1ccncn1)c1ccc(C(C)C)cc1. The monoisotopic (exact) mass is 301 g/mol. The average molecular weight is 301 g/mol. The molecule has 0 bridgehead atoms. The summed E-state index contributed by atoms with van der Waals surface area (Å²) in [6.45, 7) is 7.55. The zero-order valence-corrected chi connectivity index (χ0v) is 13.7. The van der Waals surface area contributed by atoms with Gasteiger partial charge < -0.3 is 5.32 Å². The summed E-state index contributed by atoms with van der Waals surface area (Å²) in [6.07, 6.45) is 3.39. The first-order valence-electron chi connectivity index (χ1n) is 7.42. The number of nitrogens with zero attached hydrogens (tertiary/aromatic N) is 2. The summed E-state index contributed by atoms with van der Waals surface area (Å²) >= 11 is 1.76. The van der Waals surface area contributed by atoms with Crippen molar-refractivity contribution in [1.29, 1.82) is 0 Å². The number of hydrogen-bond acceptors (Lipinski definition) is 4. The van der Waals surface area contributed by atoms with Gasteiger partial charge in [-0.25, -0.2) is 9.97 Å². The molecule has 1 aromatic carbocycles. The van der Waals surface area contributed by atoms with E-state index in [-0.39, 0.29) is 0 Å². The summed E-state index contributed by atoms with van der Waals surface area (Å²) in [6, 6.07) is 11.2. The van der Waals surface area contributed by atoms with Crippen molar-refractivity contribution in [1.82, 2.24) is 15.3 Å². The largest absolute Gasteiger partial charge is 0.309 e. The standard InChI is InChI=1S/C17H23N3S/c1-4-19-16(11-21-17-9-10-18-12-20-17)15-7-5-14(6-8-15)13(2)3/h5-10,12-13,16,19H,4,11H2,1-3H3. The maximum absolute atomic E-state index is 4.27. The van der Waals surface area contributed by atoms with Crippen molar-refractivity contribution in [2.75, 3.05) is 12.3 Å². The van der Waals surface area contributed by atoms with E-state index in [1.54, 1.807) is 24.3 Å². The minimum atomic E-state index is 0.344. The smallest absolute Gasteiger partial charge is 0.116 e. The highest BCUT2D eigenvalue weighted by Crippen LogP contribution is 2.24. The molecule has 1 atom stereocenters. The Kier molecular flexibility index (Phi) is 6.21. The van der Waals surface area contributed by atoms with Crippen LogP contribution in [-0.4, -0.2) is 22.3 Å². The molecule has 0 fully saturated rings. The van der Waals surface area contributed by atoms with Gasteiger partial charge >= 0.3 is 0 Å². The van der Waals surface area contributed by atoms with Gasteiger partial charge in [0.1, 0.15) is 6.33 Å². The summed E-state index contributed by atoms with van der Waals surface area (Å²) in [5.41, 5.74) is 2.72. The van der Waals surface area contributed by atoms with Crippen LogP contribution in [0.4, 0.5) is 0 Å². The third-order valence-corrected chi connectivity index (χ3v) is 4.45. The fourth-order valence-corrected chi connectivity index (χ4v) is 3.09. The van der Waals surface area contributed by atoms with Crippen LogP contribution in [0.2, 0.25) is 0 Å². The van der Waals surface area contributed by atoms with Crippen LogP contribution in [-0.2, 0) is 0 Å². The summed E-state index contributed by atoms with van der Waals surface area (Å²) in [5.74, 6) is 1.54. The molecule has 0 aliphatic rings. The molecule has 2 rings (SSSR count). The number of hydrogen-bond donors (Lipinski definition) is 1. The lowest BCUT2D eigenvalue weighted by molar-refractivity contribution is 0.605. The van der Waals surface area contributed by atoms with Gasteiger partial charge in [-0.15, -0.1) is 11.8 Å². The van der Waals surface area contributed by atoms with Crippen LogP contribution >= 0.6 is 11.8 Å². The van der Waals surface area contributed by atoms with Gasteiger partial charge in [-0.3, -0.25) is 0 Å². The van der Waals surface area contributed by atoms with Crippen LogP contribution in [0.5, 0.6) is 0 Å². The second-order valence-corrected chi connectivity index (χ2v) is 6.33. The molecule has 1 aromatic heterocycles. The van der Waals surface area contributed by atoms with Crippen LogP contribution in [0.25, 0.3) is 0 Å². The summed E-state index contributed by atoms with van der Waals surface area (Å²) in [7, 11) is 0. The molecule has 0 saturated heterocycles. The molecule has 112 valence electrons. The topological polar surface area (TPSA) is 37.8 Å². The van der Waals surface area contributed by atoms with E-state index in [9.17, 15) is 0 Å². The lowest BCUT2D eigenvalue weighted by Gasteiger charge is -2.18. The van der Waals surface area contributed by atoms with Crippen molar-refractivity contribution in [3.8, 4) is 0 Å². The Morgan fingerprint density at radius 2 is 1.81 bits per heavy atom. The molecular formula is C17H23N3S. The highest BCUT2D eigenvalue weighted by atomic mass is 32.2. The predicted octanol–water partition coefficient (Wildman–Crippen LogP) is 4.04. The second kappa shape index (κ2) is 8.15. The summed E-state index contributed by atoms with van der Waals surface area (Å²) < 4.78 is 0. The van der Waals surface area contributed by atoms with E-state index in [1.165, 1.54) is 11.1 Å². The molecule has 1 heterocycles. The first-order valence-corrected chi connectivity index (χ1v) is 8.41. The average Bonchev–Trinajstić information content (AvgIpc) is 2.52. The molecule has 0 spiro atoms. The maximum Gasteiger partial charge on any atom is 0.116 e. The Bertz CT molecular complexity index is 525. The number of thioether (sulfide) groups is 1. The van der Waals surface area contributed by atoms with E-state index in [1.807, 2.05) is 6.07 Å². The zero-order valence-electron chi connectivity index (χ0n) is 12.9. The fraction of sp³-hybridized carbons (Fsp3) is 0.412. The number of benzene rings is 1. The number of aromatic nitrogens is 2. The van der Waals surface area contributed by atoms with Crippen molar-refractivity contribution in [3.63, 3.8) is 0 Å². The molecule has 1 unspecified atom stereocenters. The molecule has 0 saturated carbocycles. The van der Waals surface area contributed by atoms with Crippen LogP contribution in [0.1, 0.15) is 43.9 Å². The second-order valence-electron chi connectivity index (χ2n) is 5.29. The Balaban J connectivity index is 2.04. The normalized spacial score (nSPS) is 12.6. The lowest BCUT2D eigenvalue weighted by Crippen LogP contribution is -2.23. The molecule has 0 radical (unpaired) electrons. The van der Waals surface area contributed by atoms with Crippen molar-refractivity contribution in [2.24, 2.45) is 0 Å². The Hall–Kier alpha value is -1.39. The van der Waals surface area contributed by atoms with Crippen LogP contribution in [0, 0.1) is 0 Å². The maximum atomic E-state index is 4.27.